The molecular formula is C20H19FN2O4. The van der Waals surface area contributed by atoms with Crippen molar-refractivity contribution in [1.82, 2.24) is 5.32 Å². The molecule has 0 aromatic heterocycles. The molecule has 140 valence electrons. The van der Waals surface area contributed by atoms with E-state index in [0.29, 0.717) is 30.0 Å². The number of amides is 2. The number of hydrogen-bond donors (Lipinski definition) is 2. The van der Waals surface area contributed by atoms with E-state index in [1.54, 1.807) is 30.3 Å². The molecule has 1 aliphatic heterocycles. The van der Waals surface area contributed by atoms with Gasteiger partial charge in [0.1, 0.15) is 11.6 Å². The molecule has 0 aliphatic carbocycles. The van der Waals surface area contributed by atoms with Gasteiger partial charge in [0.25, 0.3) is 5.91 Å². The summed E-state index contributed by atoms with van der Waals surface area (Å²) in [4.78, 5) is 35.5. The fourth-order valence-corrected chi connectivity index (χ4v) is 2.71. The molecule has 0 unspecified atom stereocenters. The maximum absolute atomic E-state index is 12.8. The number of benzene rings is 2. The lowest BCUT2D eigenvalue weighted by atomic mass is 10.0. The molecule has 0 bridgehead atoms. The average molecular weight is 370 g/mol. The van der Waals surface area contributed by atoms with E-state index in [-0.39, 0.29) is 42.9 Å². The first kappa shape index (κ1) is 18.6. The maximum atomic E-state index is 12.8. The van der Waals surface area contributed by atoms with Gasteiger partial charge in [-0.3, -0.25) is 14.4 Å². The number of ketones is 1. The predicted octanol–water partition coefficient (Wildman–Crippen LogP) is 2.48. The van der Waals surface area contributed by atoms with E-state index in [1.807, 2.05) is 0 Å². The highest BCUT2D eigenvalue weighted by atomic mass is 19.1. The Kier molecular flexibility index (Phi) is 5.80. The van der Waals surface area contributed by atoms with Gasteiger partial charge in [-0.2, -0.15) is 0 Å². The van der Waals surface area contributed by atoms with Crippen LogP contribution in [-0.2, 0) is 16.0 Å². The van der Waals surface area contributed by atoms with E-state index >= 15 is 0 Å². The molecule has 3 rings (SSSR count). The number of rotatable bonds is 7. The van der Waals surface area contributed by atoms with Gasteiger partial charge in [-0.15, -0.1) is 0 Å². The molecule has 27 heavy (non-hydrogen) atoms. The zero-order valence-corrected chi connectivity index (χ0v) is 14.6. The fraction of sp³-hybridized carbons (Fsp3) is 0.250. The van der Waals surface area contributed by atoms with Gasteiger partial charge in [0.15, 0.2) is 12.4 Å². The highest BCUT2D eigenvalue weighted by Crippen LogP contribution is 2.28. The molecule has 1 aliphatic rings. The third kappa shape index (κ3) is 5.13. The fourth-order valence-electron chi connectivity index (χ4n) is 2.71. The minimum Gasteiger partial charge on any atom is -0.482 e. The predicted molar refractivity (Wildman–Crippen MR) is 97.2 cm³/mol. The lowest BCUT2D eigenvalue weighted by Crippen LogP contribution is -2.26. The van der Waals surface area contributed by atoms with Gasteiger partial charge in [0, 0.05) is 24.9 Å². The molecule has 0 saturated carbocycles. The maximum Gasteiger partial charge on any atom is 0.262 e. The highest BCUT2D eigenvalue weighted by molar-refractivity contribution is 6.01. The van der Waals surface area contributed by atoms with Crippen LogP contribution in [0.1, 0.15) is 28.8 Å². The summed E-state index contributed by atoms with van der Waals surface area (Å²) in [5.41, 5.74) is 1.80. The first-order valence-corrected chi connectivity index (χ1v) is 8.62. The van der Waals surface area contributed by atoms with Crippen LogP contribution in [0.2, 0.25) is 0 Å². The smallest absolute Gasteiger partial charge is 0.262 e. The van der Waals surface area contributed by atoms with Gasteiger partial charge in [-0.1, -0.05) is 12.1 Å². The second-order valence-electron chi connectivity index (χ2n) is 6.20. The van der Waals surface area contributed by atoms with E-state index < -0.39 is 0 Å². The number of nitrogens with one attached hydrogen (secondary N) is 2. The Morgan fingerprint density at radius 1 is 1.11 bits per heavy atom. The summed E-state index contributed by atoms with van der Waals surface area (Å²) in [5.74, 6) is -0.460. The number of hydrogen-bond acceptors (Lipinski definition) is 4. The summed E-state index contributed by atoms with van der Waals surface area (Å²) in [5, 5.41) is 5.39. The van der Waals surface area contributed by atoms with Gasteiger partial charge >= 0.3 is 0 Å². The van der Waals surface area contributed by atoms with Gasteiger partial charge in [0.2, 0.25) is 5.91 Å². The standard InChI is InChI=1S/C20H19FN2O4/c21-15-4-1-13(2-5-15)9-10-22-19(25)8-6-17(24)14-3-7-18-16(11-14)23-20(26)12-27-18/h1-5,7,11H,6,8-10,12H2,(H,22,25)(H,23,26). The summed E-state index contributed by atoms with van der Waals surface area (Å²) in [6.45, 7) is 0.374. The van der Waals surface area contributed by atoms with Crippen LogP contribution in [0.3, 0.4) is 0 Å². The van der Waals surface area contributed by atoms with E-state index in [0.717, 1.165) is 5.56 Å². The van der Waals surface area contributed by atoms with Crippen LogP contribution in [0.4, 0.5) is 10.1 Å². The number of carbonyl (C=O) groups excluding carboxylic acids is 3. The minimum absolute atomic E-state index is 0.0433. The first-order chi connectivity index (χ1) is 13.0. The van der Waals surface area contributed by atoms with Crippen molar-refractivity contribution in [2.45, 2.75) is 19.3 Å². The lowest BCUT2D eigenvalue weighted by molar-refractivity contribution is -0.121. The second kappa shape index (κ2) is 8.44. The average Bonchev–Trinajstić information content (AvgIpc) is 2.67. The Bertz CT molecular complexity index is 865. The van der Waals surface area contributed by atoms with Crippen molar-refractivity contribution in [2.75, 3.05) is 18.5 Å². The molecule has 2 N–H and O–H groups in total. The number of carbonyl (C=O) groups is 3. The first-order valence-electron chi connectivity index (χ1n) is 8.62. The number of ether oxygens (including phenoxy) is 1. The van der Waals surface area contributed by atoms with Crippen LogP contribution in [0, 0.1) is 5.82 Å². The van der Waals surface area contributed by atoms with Gasteiger partial charge in [0.05, 0.1) is 5.69 Å². The van der Waals surface area contributed by atoms with E-state index in [2.05, 4.69) is 10.6 Å². The van der Waals surface area contributed by atoms with Gasteiger partial charge in [-0.25, -0.2) is 4.39 Å². The van der Waals surface area contributed by atoms with Crippen molar-refractivity contribution in [3.05, 3.63) is 59.4 Å². The summed E-state index contributed by atoms with van der Waals surface area (Å²) >= 11 is 0. The summed E-state index contributed by atoms with van der Waals surface area (Å²) in [6, 6.07) is 10.9. The highest BCUT2D eigenvalue weighted by Gasteiger charge is 2.18. The van der Waals surface area contributed by atoms with Crippen LogP contribution in [0.25, 0.3) is 0 Å². The summed E-state index contributed by atoms with van der Waals surface area (Å²) in [7, 11) is 0. The number of halogens is 1. The molecule has 2 aromatic rings. The largest absolute Gasteiger partial charge is 0.482 e. The normalized spacial score (nSPS) is 12.6. The minimum atomic E-state index is -0.297. The Hall–Kier alpha value is -3.22. The quantitative estimate of drug-likeness (QED) is 0.734. The van der Waals surface area contributed by atoms with Gasteiger partial charge in [-0.05, 0) is 42.3 Å². The SMILES string of the molecule is O=C(CCC(=O)c1ccc2c(c1)NC(=O)CO2)NCCc1ccc(F)cc1. The Morgan fingerprint density at radius 2 is 1.89 bits per heavy atom. The zero-order chi connectivity index (χ0) is 19.2. The van der Waals surface area contributed by atoms with Crippen LogP contribution in [0.15, 0.2) is 42.5 Å². The monoisotopic (exact) mass is 370 g/mol. The molecule has 1 heterocycles. The molecule has 2 amide bonds. The summed E-state index contributed by atoms with van der Waals surface area (Å²) in [6.07, 6.45) is 0.725. The molecule has 7 heteroatoms. The number of Topliss-reactive ketones (excluding diaryl/α,β-unsaturated/α-hetero) is 1. The van der Waals surface area contributed by atoms with Crippen molar-refractivity contribution in [3.8, 4) is 5.75 Å². The molecule has 0 saturated heterocycles. The Morgan fingerprint density at radius 3 is 2.67 bits per heavy atom. The van der Waals surface area contributed by atoms with E-state index in [1.165, 1.54) is 12.1 Å². The zero-order valence-electron chi connectivity index (χ0n) is 14.6. The molecular weight excluding hydrogens is 351 g/mol. The third-order valence-electron chi connectivity index (χ3n) is 4.16. The van der Waals surface area contributed by atoms with E-state index in [9.17, 15) is 18.8 Å². The van der Waals surface area contributed by atoms with Crippen molar-refractivity contribution >= 4 is 23.3 Å². The molecule has 6 nitrogen and oxygen atoms in total. The topological polar surface area (TPSA) is 84.5 Å². The van der Waals surface area contributed by atoms with Crippen LogP contribution in [0.5, 0.6) is 5.75 Å². The van der Waals surface area contributed by atoms with Crippen molar-refractivity contribution in [3.63, 3.8) is 0 Å². The van der Waals surface area contributed by atoms with Crippen LogP contribution >= 0.6 is 0 Å². The Labute approximate surface area is 155 Å². The Balaban J connectivity index is 1.44. The molecule has 0 spiro atoms. The van der Waals surface area contributed by atoms with Crippen LogP contribution < -0.4 is 15.4 Å². The van der Waals surface area contributed by atoms with Gasteiger partial charge < -0.3 is 15.4 Å². The second-order valence-corrected chi connectivity index (χ2v) is 6.20. The van der Waals surface area contributed by atoms with Crippen LogP contribution in [-0.4, -0.2) is 30.7 Å². The molecule has 0 atom stereocenters. The number of anilines is 1. The molecule has 2 aromatic carbocycles. The summed E-state index contributed by atoms with van der Waals surface area (Å²) < 4.78 is 18.1. The van der Waals surface area contributed by atoms with E-state index in [4.69, 9.17) is 4.74 Å². The van der Waals surface area contributed by atoms with Crippen molar-refractivity contribution in [1.29, 1.82) is 0 Å². The third-order valence-corrected chi connectivity index (χ3v) is 4.16. The lowest BCUT2D eigenvalue weighted by Gasteiger charge is -2.18. The van der Waals surface area contributed by atoms with Crippen molar-refractivity contribution < 1.29 is 23.5 Å². The molecule has 0 fully saturated rings. The molecule has 0 radical (unpaired) electrons. The number of fused-ring (bicyclic) bond motifs is 1. The van der Waals surface area contributed by atoms with Crippen molar-refractivity contribution in [2.24, 2.45) is 0 Å².